The van der Waals surface area contributed by atoms with Crippen molar-refractivity contribution < 1.29 is 14.7 Å². The minimum atomic E-state index is -1.07. The normalized spacial score (nSPS) is 10.8. The van der Waals surface area contributed by atoms with E-state index < -0.39 is 18.4 Å². The Labute approximate surface area is 141 Å². The number of rotatable bonds is 7. The van der Waals surface area contributed by atoms with Crippen LogP contribution in [0.15, 0.2) is 36.4 Å². The molecule has 2 rings (SSSR count). The van der Waals surface area contributed by atoms with Crippen LogP contribution in [0.4, 0.5) is 5.69 Å². The number of nitrogens with zero attached hydrogens (tertiary/aromatic N) is 3. The van der Waals surface area contributed by atoms with Crippen molar-refractivity contribution in [2.24, 2.45) is 0 Å². The standard InChI is InChI=1S/C18H23N3O3/c1-4-14(5-2)21-13(3)11-16(19-21)18(24)20(12-17(22)23)15-9-7-6-8-10-15/h6-11,14H,4-5,12H2,1-3H3,(H,22,23). The second kappa shape index (κ2) is 7.77. The van der Waals surface area contributed by atoms with Gasteiger partial charge in [0.25, 0.3) is 5.91 Å². The van der Waals surface area contributed by atoms with Crippen LogP contribution in [-0.2, 0) is 4.79 Å². The summed E-state index contributed by atoms with van der Waals surface area (Å²) < 4.78 is 1.86. The van der Waals surface area contributed by atoms with Gasteiger partial charge in [-0.15, -0.1) is 0 Å². The lowest BCUT2D eigenvalue weighted by Crippen LogP contribution is -2.36. The fourth-order valence-corrected chi connectivity index (χ4v) is 2.76. The van der Waals surface area contributed by atoms with E-state index in [4.69, 9.17) is 5.11 Å². The number of aliphatic carboxylic acids is 1. The number of carboxylic acids is 1. The molecule has 0 aliphatic carbocycles. The number of amides is 1. The largest absolute Gasteiger partial charge is 0.480 e. The van der Waals surface area contributed by atoms with Crippen molar-refractivity contribution >= 4 is 17.6 Å². The molecule has 0 spiro atoms. The molecule has 24 heavy (non-hydrogen) atoms. The van der Waals surface area contributed by atoms with Gasteiger partial charge in [-0.2, -0.15) is 5.10 Å². The molecule has 2 aromatic rings. The summed E-state index contributed by atoms with van der Waals surface area (Å²) in [6.07, 6.45) is 1.84. The van der Waals surface area contributed by atoms with Gasteiger partial charge in [0.15, 0.2) is 5.69 Å². The molecule has 6 nitrogen and oxygen atoms in total. The van der Waals surface area contributed by atoms with Gasteiger partial charge >= 0.3 is 5.97 Å². The predicted octanol–water partition coefficient (Wildman–Crippen LogP) is 3.28. The molecule has 0 bridgehead atoms. The summed E-state index contributed by atoms with van der Waals surface area (Å²) in [5, 5.41) is 13.6. The first kappa shape index (κ1) is 17.7. The van der Waals surface area contributed by atoms with E-state index in [0.29, 0.717) is 5.69 Å². The van der Waals surface area contributed by atoms with E-state index in [1.165, 1.54) is 4.90 Å². The third-order valence-corrected chi connectivity index (χ3v) is 4.04. The topological polar surface area (TPSA) is 75.4 Å². The maximum Gasteiger partial charge on any atom is 0.323 e. The molecular weight excluding hydrogens is 306 g/mol. The van der Waals surface area contributed by atoms with Gasteiger partial charge in [-0.05, 0) is 38.0 Å². The molecule has 0 aliphatic rings. The van der Waals surface area contributed by atoms with E-state index in [1.807, 2.05) is 17.7 Å². The van der Waals surface area contributed by atoms with E-state index in [-0.39, 0.29) is 11.7 Å². The third-order valence-electron chi connectivity index (χ3n) is 4.04. The molecule has 0 atom stereocenters. The van der Waals surface area contributed by atoms with E-state index in [9.17, 15) is 9.59 Å². The zero-order chi connectivity index (χ0) is 17.7. The van der Waals surface area contributed by atoms with Gasteiger partial charge < -0.3 is 5.11 Å². The molecule has 0 fully saturated rings. The van der Waals surface area contributed by atoms with Crippen LogP contribution in [0.3, 0.4) is 0 Å². The van der Waals surface area contributed by atoms with Crippen LogP contribution < -0.4 is 4.90 Å². The number of anilines is 1. The zero-order valence-electron chi connectivity index (χ0n) is 14.3. The molecule has 1 aromatic heterocycles. The SMILES string of the molecule is CCC(CC)n1nc(C(=O)N(CC(=O)O)c2ccccc2)cc1C. The number of carbonyl (C=O) groups is 2. The molecule has 128 valence electrons. The number of hydrogen-bond donors (Lipinski definition) is 1. The van der Waals surface area contributed by atoms with E-state index >= 15 is 0 Å². The van der Waals surface area contributed by atoms with Crippen molar-refractivity contribution in [1.29, 1.82) is 0 Å². The number of carbonyl (C=O) groups excluding carboxylic acids is 1. The fraction of sp³-hybridized carbons (Fsp3) is 0.389. The second-order valence-corrected chi connectivity index (χ2v) is 5.71. The quantitative estimate of drug-likeness (QED) is 0.846. The molecule has 1 N–H and O–H groups in total. The van der Waals surface area contributed by atoms with Crippen molar-refractivity contribution in [2.75, 3.05) is 11.4 Å². The Morgan fingerprint density at radius 3 is 2.38 bits per heavy atom. The Morgan fingerprint density at radius 1 is 1.21 bits per heavy atom. The summed E-state index contributed by atoms with van der Waals surface area (Å²) in [5.74, 6) is -1.47. The Kier molecular flexibility index (Phi) is 5.73. The lowest BCUT2D eigenvalue weighted by Gasteiger charge is -2.20. The lowest BCUT2D eigenvalue weighted by atomic mass is 10.2. The molecule has 0 radical (unpaired) electrons. The highest BCUT2D eigenvalue weighted by Crippen LogP contribution is 2.21. The number of hydrogen-bond acceptors (Lipinski definition) is 3. The smallest absolute Gasteiger partial charge is 0.323 e. The third kappa shape index (κ3) is 3.82. The van der Waals surface area contributed by atoms with Crippen LogP contribution in [0, 0.1) is 6.92 Å². The Morgan fingerprint density at radius 2 is 1.83 bits per heavy atom. The summed E-state index contributed by atoms with van der Waals surface area (Å²) in [4.78, 5) is 25.2. The second-order valence-electron chi connectivity index (χ2n) is 5.71. The Hall–Kier alpha value is -2.63. The summed E-state index contributed by atoms with van der Waals surface area (Å²) in [6.45, 7) is 5.67. The molecule has 0 saturated carbocycles. The summed E-state index contributed by atoms with van der Waals surface area (Å²) in [6, 6.07) is 10.7. The average Bonchev–Trinajstić information content (AvgIpc) is 2.96. The van der Waals surface area contributed by atoms with Crippen LogP contribution in [0.25, 0.3) is 0 Å². The first-order chi connectivity index (χ1) is 11.5. The van der Waals surface area contributed by atoms with Crippen LogP contribution >= 0.6 is 0 Å². The monoisotopic (exact) mass is 329 g/mol. The number of carboxylic acid groups (broad SMARTS) is 1. The first-order valence-corrected chi connectivity index (χ1v) is 8.12. The Balaban J connectivity index is 2.36. The molecule has 0 saturated heterocycles. The van der Waals surface area contributed by atoms with Crippen molar-refractivity contribution in [3.63, 3.8) is 0 Å². The average molecular weight is 329 g/mol. The maximum absolute atomic E-state index is 12.8. The molecule has 0 aliphatic heterocycles. The van der Waals surface area contributed by atoms with E-state index in [0.717, 1.165) is 18.5 Å². The van der Waals surface area contributed by atoms with Gasteiger partial charge in [0.1, 0.15) is 6.54 Å². The van der Waals surface area contributed by atoms with Gasteiger partial charge in [-0.25, -0.2) is 0 Å². The van der Waals surface area contributed by atoms with Crippen LogP contribution in [-0.4, -0.2) is 33.3 Å². The zero-order valence-corrected chi connectivity index (χ0v) is 14.3. The number of aryl methyl sites for hydroxylation is 1. The highest BCUT2D eigenvalue weighted by atomic mass is 16.4. The van der Waals surface area contributed by atoms with Gasteiger partial charge in [0.2, 0.25) is 0 Å². The van der Waals surface area contributed by atoms with Crippen molar-refractivity contribution in [3.8, 4) is 0 Å². The molecular formula is C18H23N3O3. The van der Waals surface area contributed by atoms with Crippen molar-refractivity contribution in [2.45, 2.75) is 39.7 Å². The number of benzene rings is 1. The Bertz CT molecular complexity index is 706. The summed E-state index contributed by atoms with van der Waals surface area (Å²) in [7, 11) is 0. The van der Waals surface area contributed by atoms with Gasteiger partial charge in [-0.1, -0.05) is 32.0 Å². The minimum Gasteiger partial charge on any atom is -0.480 e. The molecule has 6 heteroatoms. The van der Waals surface area contributed by atoms with E-state index in [1.54, 1.807) is 30.3 Å². The van der Waals surface area contributed by atoms with Crippen molar-refractivity contribution in [3.05, 3.63) is 47.8 Å². The minimum absolute atomic E-state index is 0.233. The van der Waals surface area contributed by atoms with Crippen LogP contribution in [0.1, 0.15) is 48.9 Å². The van der Waals surface area contributed by atoms with Gasteiger partial charge in [0, 0.05) is 11.4 Å². The predicted molar refractivity (Wildman–Crippen MR) is 92.3 cm³/mol. The molecule has 1 heterocycles. The lowest BCUT2D eigenvalue weighted by molar-refractivity contribution is -0.135. The van der Waals surface area contributed by atoms with E-state index in [2.05, 4.69) is 18.9 Å². The van der Waals surface area contributed by atoms with Gasteiger partial charge in [0.05, 0.1) is 6.04 Å². The van der Waals surface area contributed by atoms with Crippen LogP contribution in [0.5, 0.6) is 0 Å². The molecule has 1 amide bonds. The highest BCUT2D eigenvalue weighted by Gasteiger charge is 2.24. The van der Waals surface area contributed by atoms with Crippen LogP contribution in [0.2, 0.25) is 0 Å². The molecule has 0 unspecified atom stereocenters. The number of aromatic nitrogens is 2. The number of para-hydroxylation sites is 1. The summed E-state index contributed by atoms with van der Waals surface area (Å²) in [5.41, 5.74) is 1.71. The van der Waals surface area contributed by atoms with Crippen molar-refractivity contribution in [1.82, 2.24) is 9.78 Å². The maximum atomic E-state index is 12.8. The highest BCUT2D eigenvalue weighted by molar-refractivity contribution is 6.07. The fourth-order valence-electron chi connectivity index (χ4n) is 2.76. The molecule has 1 aromatic carbocycles. The first-order valence-electron chi connectivity index (χ1n) is 8.12. The van der Waals surface area contributed by atoms with Gasteiger partial charge in [-0.3, -0.25) is 19.2 Å². The summed E-state index contributed by atoms with van der Waals surface area (Å²) >= 11 is 0.